The van der Waals surface area contributed by atoms with Crippen molar-refractivity contribution in [1.82, 2.24) is 15.0 Å². The standard InChI is InChI=1S/C16H17ClN4O/c1-9-6-21(7-10(2)22-9)16-15-14(18-8-19-16)12-5-11(17)3-4-13(12)20-15/h3-5,8-10,20H,6-7H2,1-2H3/t9-,10+. The van der Waals surface area contributed by atoms with Crippen LogP contribution in [0.25, 0.3) is 21.9 Å². The van der Waals surface area contributed by atoms with Gasteiger partial charge in [-0.15, -0.1) is 0 Å². The average Bonchev–Trinajstić information content (AvgIpc) is 2.84. The number of fused-ring (bicyclic) bond motifs is 3. The van der Waals surface area contributed by atoms with Crippen LogP contribution in [0.3, 0.4) is 0 Å². The van der Waals surface area contributed by atoms with Gasteiger partial charge in [0.25, 0.3) is 0 Å². The highest BCUT2D eigenvalue weighted by atomic mass is 35.5. The fourth-order valence-electron chi connectivity index (χ4n) is 3.24. The molecule has 0 aliphatic carbocycles. The van der Waals surface area contributed by atoms with Crippen molar-refractivity contribution in [2.75, 3.05) is 18.0 Å². The molecule has 3 aromatic rings. The highest BCUT2D eigenvalue weighted by Gasteiger charge is 2.25. The van der Waals surface area contributed by atoms with Crippen LogP contribution in [0.5, 0.6) is 0 Å². The van der Waals surface area contributed by atoms with Crippen molar-refractivity contribution >= 4 is 39.4 Å². The van der Waals surface area contributed by atoms with Crippen molar-refractivity contribution in [2.45, 2.75) is 26.1 Å². The molecule has 1 aromatic carbocycles. The predicted octanol–water partition coefficient (Wildman–Crippen LogP) is 3.38. The minimum Gasteiger partial charge on any atom is -0.372 e. The number of morpholine rings is 1. The fourth-order valence-corrected chi connectivity index (χ4v) is 3.41. The molecule has 114 valence electrons. The van der Waals surface area contributed by atoms with Gasteiger partial charge in [-0.25, -0.2) is 9.97 Å². The summed E-state index contributed by atoms with van der Waals surface area (Å²) in [6, 6.07) is 5.80. The van der Waals surface area contributed by atoms with E-state index in [1.807, 2.05) is 18.2 Å². The number of aromatic amines is 1. The van der Waals surface area contributed by atoms with Crippen LogP contribution in [0.1, 0.15) is 13.8 Å². The Balaban J connectivity index is 1.89. The van der Waals surface area contributed by atoms with Gasteiger partial charge in [-0.3, -0.25) is 0 Å². The van der Waals surface area contributed by atoms with Crippen LogP contribution in [0, 0.1) is 0 Å². The van der Waals surface area contributed by atoms with E-state index in [-0.39, 0.29) is 12.2 Å². The van der Waals surface area contributed by atoms with Crippen molar-refractivity contribution in [2.24, 2.45) is 0 Å². The fraction of sp³-hybridized carbons (Fsp3) is 0.375. The second kappa shape index (κ2) is 5.11. The molecule has 0 saturated carbocycles. The molecule has 2 aromatic heterocycles. The van der Waals surface area contributed by atoms with Crippen LogP contribution in [0.15, 0.2) is 24.5 Å². The van der Waals surface area contributed by atoms with Crippen LogP contribution >= 0.6 is 11.6 Å². The summed E-state index contributed by atoms with van der Waals surface area (Å²) >= 11 is 6.12. The lowest BCUT2D eigenvalue weighted by molar-refractivity contribution is -0.00537. The minimum absolute atomic E-state index is 0.188. The molecule has 0 bridgehead atoms. The van der Waals surface area contributed by atoms with Crippen molar-refractivity contribution in [1.29, 1.82) is 0 Å². The third-order valence-corrected chi connectivity index (χ3v) is 4.28. The largest absolute Gasteiger partial charge is 0.372 e. The first-order chi connectivity index (χ1) is 10.6. The normalized spacial score (nSPS) is 22.6. The van der Waals surface area contributed by atoms with Crippen LogP contribution in [0.2, 0.25) is 5.02 Å². The number of rotatable bonds is 1. The van der Waals surface area contributed by atoms with Gasteiger partial charge in [0.2, 0.25) is 0 Å². The third kappa shape index (κ3) is 2.21. The lowest BCUT2D eigenvalue weighted by Gasteiger charge is -2.36. The summed E-state index contributed by atoms with van der Waals surface area (Å²) < 4.78 is 5.81. The molecular formula is C16H17ClN4O. The Bertz CT molecular complexity index is 837. The molecule has 4 rings (SSSR count). The molecule has 3 heterocycles. The number of halogens is 1. The van der Waals surface area contributed by atoms with Gasteiger partial charge in [0.1, 0.15) is 17.4 Å². The number of nitrogens with zero attached hydrogens (tertiary/aromatic N) is 3. The Morgan fingerprint density at radius 1 is 1.23 bits per heavy atom. The second-order valence-electron chi connectivity index (χ2n) is 5.90. The number of H-pyrrole nitrogens is 1. The molecule has 1 saturated heterocycles. The summed E-state index contributed by atoms with van der Waals surface area (Å²) in [5.74, 6) is 0.930. The molecule has 22 heavy (non-hydrogen) atoms. The molecule has 0 spiro atoms. The Kier molecular flexibility index (Phi) is 3.20. The van der Waals surface area contributed by atoms with E-state index < -0.39 is 0 Å². The summed E-state index contributed by atoms with van der Waals surface area (Å²) in [6.07, 6.45) is 2.00. The van der Waals surface area contributed by atoms with Gasteiger partial charge in [-0.2, -0.15) is 0 Å². The van der Waals surface area contributed by atoms with E-state index in [2.05, 4.69) is 33.7 Å². The van der Waals surface area contributed by atoms with E-state index in [1.54, 1.807) is 6.33 Å². The Morgan fingerprint density at radius 3 is 2.77 bits per heavy atom. The van der Waals surface area contributed by atoms with Gasteiger partial charge < -0.3 is 14.6 Å². The molecule has 1 aliphatic rings. The zero-order valence-corrected chi connectivity index (χ0v) is 13.3. The minimum atomic E-state index is 0.188. The molecular weight excluding hydrogens is 300 g/mol. The molecule has 6 heteroatoms. The first-order valence-electron chi connectivity index (χ1n) is 7.44. The van der Waals surface area contributed by atoms with Gasteiger partial charge in [-0.05, 0) is 32.0 Å². The predicted molar refractivity (Wildman–Crippen MR) is 88.6 cm³/mol. The quantitative estimate of drug-likeness (QED) is 0.748. The lowest BCUT2D eigenvalue weighted by atomic mass is 10.2. The van der Waals surface area contributed by atoms with Crippen molar-refractivity contribution in [3.8, 4) is 0 Å². The van der Waals surface area contributed by atoms with Gasteiger partial charge >= 0.3 is 0 Å². The van der Waals surface area contributed by atoms with Gasteiger partial charge in [0, 0.05) is 29.0 Å². The first kappa shape index (κ1) is 13.8. The van der Waals surface area contributed by atoms with Crippen LogP contribution in [0.4, 0.5) is 5.82 Å². The highest BCUT2D eigenvalue weighted by molar-refractivity contribution is 6.31. The summed E-state index contributed by atoms with van der Waals surface area (Å²) in [5, 5.41) is 1.74. The molecule has 1 fully saturated rings. The van der Waals surface area contributed by atoms with Gasteiger partial charge in [-0.1, -0.05) is 11.6 Å². The van der Waals surface area contributed by atoms with E-state index in [0.717, 1.165) is 40.8 Å². The molecule has 1 aliphatic heterocycles. The van der Waals surface area contributed by atoms with E-state index >= 15 is 0 Å². The number of nitrogens with one attached hydrogen (secondary N) is 1. The maximum atomic E-state index is 6.12. The molecule has 0 radical (unpaired) electrons. The number of ether oxygens (including phenoxy) is 1. The van der Waals surface area contributed by atoms with Crippen LogP contribution in [-0.4, -0.2) is 40.2 Å². The zero-order chi connectivity index (χ0) is 15.3. The number of aromatic nitrogens is 3. The number of hydrogen-bond acceptors (Lipinski definition) is 4. The smallest absolute Gasteiger partial charge is 0.156 e. The second-order valence-corrected chi connectivity index (χ2v) is 6.33. The highest BCUT2D eigenvalue weighted by Crippen LogP contribution is 2.31. The topological polar surface area (TPSA) is 54.0 Å². The van der Waals surface area contributed by atoms with Gasteiger partial charge in [0.05, 0.1) is 12.2 Å². The van der Waals surface area contributed by atoms with Crippen molar-refractivity contribution < 1.29 is 4.74 Å². The SMILES string of the molecule is C[C@@H]1CN(c2ncnc3c2[nH]c2ccc(Cl)cc23)C[C@H](C)O1. The van der Waals surface area contributed by atoms with Crippen molar-refractivity contribution in [3.05, 3.63) is 29.5 Å². The summed E-state index contributed by atoms with van der Waals surface area (Å²) in [5.41, 5.74) is 2.89. The number of hydrogen-bond donors (Lipinski definition) is 1. The Hall–Kier alpha value is -1.85. The average molecular weight is 317 g/mol. The molecule has 1 N–H and O–H groups in total. The van der Waals surface area contributed by atoms with E-state index in [1.165, 1.54) is 0 Å². The summed E-state index contributed by atoms with van der Waals surface area (Å²) in [7, 11) is 0. The van der Waals surface area contributed by atoms with Crippen LogP contribution in [-0.2, 0) is 4.74 Å². The third-order valence-electron chi connectivity index (χ3n) is 4.04. The molecule has 5 nitrogen and oxygen atoms in total. The van der Waals surface area contributed by atoms with E-state index in [4.69, 9.17) is 16.3 Å². The Morgan fingerprint density at radius 2 is 2.00 bits per heavy atom. The maximum Gasteiger partial charge on any atom is 0.156 e. The maximum absolute atomic E-state index is 6.12. The lowest BCUT2D eigenvalue weighted by Crippen LogP contribution is -2.46. The Labute approximate surface area is 133 Å². The molecule has 0 unspecified atom stereocenters. The summed E-state index contributed by atoms with van der Waals surface area (Å²) in [4.78, 5) is 14.7. The molecule has 2 atom stereocenters. The zero-order valence-electron chi connectivity index (χ0n) is 12.5. The van der Waals surface area contributed by atoms with E-state index in [9.17, 15) is 0 Å². The summed E-state index contributed by atoms with van der Waals surface area (Å²) in [6.45, 7) is 5.83. The first-order valence-corrected chi connectivity index (χ1v) is 7.82. The van der Waals surface area contributed by atoms with Crippen molar-refractivity contribution in [3.63, 3.8) is 0 Å². The van der Waals surface area contributed by atoms with E-state index in [0.29, 0.717) is 5.02 Å². The molecule has 0 amide bonds. The van der Waals surface area contributed by atoms with Crippen LogP contribution < -0.4 is 4.90 Å². The number of anilines is 1. The number of benzene rings is 1. The monoisotopic (exact) mass is 316 g/mol. The van der Waals surface area contributed by atoms with Gasteiger partial charge in [0.15, 0.2) is 5.82 Å².